The van der Waals surface area contributed by atoms with Crippen LogP contribution in [0.3, 0.4) is 0 Å². The Morgan fingerprint density at radius 1 is 1.26 bits per heavy atom. The van der Waals surface area contributed by atoms with Gasteiger partial charge in [0, 0.05) is 53.6 Å². The Morgan fingerprint density at radius 2 is 2.16 bits per heavy atom. The highest BCUT2D eigenvalue weighted by Gasteiger charge is 2.22. The molecule has 4 aromatic rings. The summed E-state index contributed by atoms with van der Waals surface area (Å²) in [6.45, 7) is 1.67. The topological polar surface area (TPSA) is 122 Å². The van der Waals surface area contributed by atoms with Crippen LogP contribution in [0.2, 0.25) is 0 Å². The number of anilines is 3. The van der Waals surface area contributed by atoms with Gasteiger partial charge in [0.1, 0.15) is 6.07 Å². The van der Waals surface area contributed by atoms with E-state index in [-0.39, 0.29) is 5.92 Å². The van der Waals surface area contributed by atoms with Crippen molar-refractivity contribution in [1.82, 2.24) is 15.0 Å². The predicted molar refractivity (Wildman–Crippen MR) is 149 cm³/mol. The third kappa shape index (κ3) is 5.94. The molecule has 0 bridgehead atoms. The van der Waals surface area contributed by atoms with Crippen molar-refractivity contribution in [1.29, 1.82) is 5.26 Å². The maximum Gasteiger partial charge on any atom is 0.411 e. The molecule has 0 spiro atoms. The normalized spacial score (nSPS) is 14.6. The van der Waals surface area contributed by atoms with Gasteiger partial charge in [-0.05, 0) is 43.0 Å². The first-order valence-electron chi connectivity index (χ1n) is 11.9. The summed E-state index contributed by atoms with van der Waals surface area (Å²) in [6, 6.07) is 15.2. The fourth-order valence-corrected chi connectivity index (χ4v) is 5.94. The number of aromatic nitrogens is 3. The summed E-state index contributed by atoms with van der Waals surface area (Å²) in [5, 5.41) is 15.9. The number of carbonyl (C=O) groups is 1. The lowest BCUT2D eigenvalue weighted by Crippen LogP contribution is -2.19. The Balaban J connectivity index is 1.35. The van der Waals surface area contributed by atoms with E-state index in [1.165, 1.54) is 23.1 Å². The van der Waals surface area contributed by atoms with Crippen molar-refractivity contribution in [3.63, 3.8) is 0 Å². The number of thioether (sulfide) groups is 1. The fourth-order valence-electron chi connectivity index (χ4n) is 4.03. The van der Waals surface area contributed by atoms with Crippen LogP contribution in [0.15, 0.2) is 65.3 Å². The number of nitrogens with one attached hydrogen (secondary N) is 2. The molecular formula is C27H24N6O3S2. The summed E-state index contributed by atoms with van der Waals surface area (Å²) in [5.74, 6) is 0.634. The number of carbonyl (C=O) groups excluding carboxylic acids is 1. The molecule has 1 fully saturated rings. The molecule has 11 heteroatoms. The second-order valence-electron chi connectivity index (χ2n) is 8.45. The SMILES string of the molecule is CSc1sc(-c2ccnc(Nc3cccc(NC(=O)OCC4CCOC4)c3)n2)c(-c2cccnc2)c1C#N. The summed E-state index contributed by atoms with van der Waals surface area (Å²) in [7, 11) is 0. The molecule has 192 valence electrons. The Kier molecular flexibility index (Phi) is 8.13. The molecule has 38 heavy (non-hydrogen) atoms. The monoisotopic (exact) mass is 544 g/mol. The van der Waals surface area contributed by atoms with Crippen LogP contribution >= 0.6 is 23.1 Å². The second kappa shape index (κ2) is 12.0. The summed E-state index contributed by atoms with van der Waals surface area (Å²) in [5.41, 5.74) is 4.26. The molecule has 1 aliphatic rings. The molecule has 0 radical (unpaired) electrons. The lowest BCUT2D eigenvalue weighted by atomic mass is 10.0. The van der Waals surface area contributed by atoms with Gasteiger partial charge in [-0.25, -0.2) is 14.8 Å². The van der Waals surface area contributed by atoms with Crippen molar-refractivity contribution in [3.8, 4) is 27.8 Å². The lowest BCUT2D eigenvalue weighted by Gasteiger charge is -2.11. The van der Waals surface area contributed by atoms with Crippen LogP contribution in [0.4, 0.5) is 22.1 Å². The molecule has 1 aromatic carbocycles. The second-order valence-corrected chi connectivity index (χ2v) is 10.5. The number of hydrogen-bond donors (Lipinski definition) is 2. The first-order chi connectivity index (χ1) is 18.6. The molecule has 1 aliphatic heterocycles. The van der Waals surface area contributed by atoms with E-state index in [4.69, 9.17) is 14.5 Å². The molecule has 1 saturated heterocycles. The number of benzene rings is 1. The molecule has 0 aliphatic carbocycles. The average Bonchev–Trinajstić information content (AvgIpc) is 3.60. The molecular weight excluding hydrogens is 520 g/mol. The maximum atomic E-state index is 12.2. The molecule has 1 atom stereocenters. The number of nitrogens with zero attached hydrogens (tertiary/aromatic N) is 4. The minimum absolute atomic E-state index is 0.247. The van der Waals surface area contributed by atoms with Gasteiger partial charge in [0.2, 0.25) is 5.95 Å². The van der Waals surface area contributed by atoms with Crippen LogP contribution in [0.25, 0.3) is 21.7 Å². The summed E-state index contributed by atoms with van der Waals surface area (Å²) >= 11 is 3.06. The number of hydrogen-bond acceptors (Lipinski definition) is 10. The van der Waals surface area contributed by atoms with Crippen molar-refractivity contribution in [2.75, 3.05) is 36.7 Å². The first kappa shape index (κ1) is 25.7. The van der Waals surface area contributed by atoms with Gasteiger partial charge >= 0.3 is 6.09 Å². The largest absolute Gasteiger partial charge is 0.449 e. The average molecular weight is 545 g/mol. The van der Waals surface area contributed by atoms with Gasteiger partial charge in [0.05, 0.1) is 33.6 Å². The van der Waals surface area contributed by atoms with E-state index >= 15 is 0 Å². The Labute approximate surface area is 228 Å². The minimum Gasteiger partial charge on any atom is -0.449 e. The molecule has 2 N–H and O–H groups in total. The van der Waals surface area contributed by atoms with Gasteiger partial charge < -0.3 is 14.8 Å². The molecule has 1 unspecified atom stereocenters. The molecule has 9 nitrogen and oxygen atoms in total. The van der Waals surface area contributed by atoms with E-state index in [2.05, 4.69) is 26.7 Å². The van der Waals surface area contributed by atoms with E-state index < -0.39 is 6.09 Å². The highest BCUT2D eigenvalue weighted by atomic mass is 32.2. The van der Waals surface area contributed by atoms with E-state index in [0.29, 0.717) is 48.4 Å². The van der Waals surface area contributed by atoms with Crippen LogP contribution in [0.1, 0.15) is 12.0 Å². The number of pyridine rings is 1. The zero-order valence-corrected chi connectivity index (χ0v) is 22.1. The van der Waals surface area contributed by atoms with Crippen molar-refractivity contribution in [2.24, 2.45) is 5.92 Å². The van der Waals surface area contributed by atoms with E-state index in [1.54, 1.807) is 30.7 Å². The minimum atomic E-state index is -0.509. The zero-order chi connectivity index (χ0) is 26.3. The van der Waals surface area contributed by atoms with Gasteiger partial charge in [-0.2, -0.15) is 5.26 Å². The number of amides is 1. The van der Waals surface area contributed by atoms with Crippen molar-refractivity contribution in [3.05, 3.63) is 66.6 Å². The van der Waals surface area contributed by atoms with E-state index in [0.717, 1.165) is 26.6 Å². The van der Waals surface area contributed by atoms with Crippen LogP contribution in [-0.2, 0) is 9.47 Å². The molecule has 3 aromatic heterocycles. The third-order valence-corrected chi connectivity index (χ3v) is 8.18. The van der Waals surface area contributed by atoms with Gasteiger partial charge in [0.15, 0.2) is 0 Å². The Hall–Kier alpha value is -3.98. The van der Waals surface area contributed by atoms with Crippen LogP contribution < -0.4 is 10.6 Å². The summed E-state index contributed by atoms with van der Waals surface area (Å²) in [6.07, 6.45) is 7.48. The van der Waals surface area contributed by atoms with Crippen molar-refractivity contribution in [2.45, 2.75) is 10.6 Å². The molecule has 5 rings (SSSR count). The third-order valence-electron chi connectivity index (χ3n) is 5.85. The highest BCUT2D eigenvalue weighted by molar-refractivity contribution is 8.00. The Bertz CT molecular complexity index is 1470. The van der Waals surface area contributed by atoms with E-state index in [9.17, 15) is 10.1 Å². The number of nitriles is 1. The van der Waals surface area contributed by atoms with Gasteiger partial charge in [-0.3, -0.25) is 10.3 Å². The highest BCUT2D eigenvalue weighted by Crippen LogP contribution is 2.45. The smallest absolute Gasteiger partial charge is 0.411 e. The fraction of sp³-hybridized carbons (Fsp3) is 0.222. The van der Waals surface area contributed by atoms with Gasteiger partial charge in [-0.1, -0.05) is 12.1 Å². The van der Waals surface area contributed by atoms with Crippen LogP contribution in [-0.4, -0.2) is 47.1 Å². The number of rotatable bonds is 8. The molecule has 1 amide bonds. The standard InChI is InChI=1S/C27H24N6O3S2/c1-37-25-21(13-28)23(18-4-3-9-29-14-18)24(38-25)22-7-10-30-26(33-22)31-19-5-2-6-20(12-19)32-27(34)36-16-17-8-11-35-15-17/h2-7,9-10,12,14,17H,8,11,15-16H2,1H3,(H,32,34)(H,30,31,33). The quantitative estimate of drug-likeness (QED) is 0.250. The first-order valence-corrected chi connectivity index (χ1v) is 13.9. The Morgan fingerprint density at radius 3 is 2.92 bits per heavy atom. The maximum absolute atomic E-state index is 12.2. The zero-order valence-electron chi connectivity index (χ0n) is 20.5. The van der Waals surface area contributed by atoms with Gasteiger partial charge in [-0.15, -0.1) is 23.1 Å². The molecule has 0 saturated carbocycles. The van der Waals surface area contributed by atoms with Crippen molar-refractivity contribution >= 4 is 46.5 Å². The van der Waals surface area contributed by atoms with Crippen molar-refractivity contribution < 1.29 is 14.3 Å². The lowest BCUT2D eigenvalue weighted by molar-refractivity contribution is 0.127. The summed E-state index contributed by atoms with van der Waals surface area (Å²) in [4.78, 5) is 26.4. The molecule has 4 heterocycles. The predicted octanol–water partition coefficient (Wildman–Crippen LogP) is 6.19. The van der Waals surface area contributed by atoms with Crippen LogP contribution in [0, 0.1) is 17.2 Å². The number of thiophene rings is 1. The van der Waals surface area contributed by atoms with E-state index in [1.807, 2.05) is 36.6 Å². The summed E-state index contributed by atoms with van der Waals surface area (Å²) < 4.78 is 11.6. The van der Waals surface area contributed by atoms with Gasteiger partial charge in [0.25, 0.3) is 0 Å². The van der Waals surface area contributed by atoms with Crippen LogP contribution in [0.5, 0.6) is 0 Å². The number of ether oxygens (including phenoxy) is 2.